The van der Waals surface area contributed by atoms with E-state index in [1.807, 2.05) is 0 Å². The second-order valence-corrected chi connectivity index (χ2v) is 5.75. The molecule has 0 radical (unpaired) electrons. The van der Waals surface area contributed by atoms with Crippen LogP contribution in [0.2, 0.25) is 0 Å². The van der Waals surface area contributed by atoms with Crippen molar-refractivity contribution in [2.45, 2.75) is 5.41 Å². The van der Waals surface area contributed by atoms with E-state index >= 15 is 0 Å². The number of aromatic amines is 3. The zero-order valence-corrected chi connectivity index (χ0v) is 14.8. The quantitative estimate of drug-likeness (QED) is 0.181. The number of carboxylic acids is 2. The van der Waals surface area contributed by atoms with Crippen molar-refractivity contribution in [3.05, 3.63) is 41.3 Å². The average molecular weight is 418 g/mol. The third-order valence-electron chi connectivity index (χ3n) is 4.17. The Hall–Kier alpha value is -4.53. The number of rotatable bonds is 10. The summed E-state index contributed by atoms with van der Waals surface area (Å²) in [5.74, 6) is -3.84. The van der Waals surface area contributed by atoms with Gasteiger partial charge in [-0.1, -0.05) is 0 Å². The Kier molecular flexibility index (Phi) is 5.28. The Morgan fingerprint density at radius 2 is 1.73 bits per heavy atom. The monoisotopic (exact) mass is 418 g/mol. The van der Waals surface area contributed by atoms with E-state index in [9.17, 15) is 34.5 Å². The highest BCUT2D eigenvalue weighted by atomic mass is 16.4. The number of carbonyl (C=O) groups is 4. The summed E-state index contributed by atoms with van der Waals surface area (Å²) in [4.78, 5) is 64.5. The molecule has 15 heteroatoms. The molecule has 1 unspecified atom stereocenters. The van der Waals surface area contributed by atoms with Crippen LogP contribution < -0.4 is 10.6 Å². The largest absolute Gasteiger partial charge is 0.477 e. The molecule has 15 nitrogen and oxygen atoms in total. The Balaban J connectivity index is 2.32. The van der Waals surface area contributed by atoms with Crippen molar-refractivity contribution in [1.29, 1.82) is 0 Å². The lowest BCUT2D eigenvalue weighted by molar-refractivity contribution is -0.106. The van der Waals surface area contributed by atoms with Gasteiger partial charge in [-0.25, -0.2) is 24.5 Å². The third-order valence-corrected chi connectivity index (χ3v) is 4.17. The first kappa shape index (κ1) is 20.2. The molecule has 3 heterocycles. The van der Waals surface area contributed by atoms with Crippen molar-refractivity contribution >= 4 is 36.4 Å². The molecule has 0 aromatic carbocycles. The van der Waals surface area contributed by atoms with Gasteiger partial charge in [-0.2, -0.15) is 0 Å². The molecule has 3 rings (SSSR count). The number of imidazole rings is 3. The summed E-state index contributed by atoms with van der Waals surface area (Å²) < 4.78 is 0. The van der Waals surface area contributed by atoms with E-state index in [1.54, 1.807) is 0 Å². The Morgan fingerprint density at radius 3 is 2.23 bits per heavy atom. The van der Waals surface area contributed by atoms with Crippen LogP contribution >= 0.6 is 0 Å². The maximum absolute atomic E-state index is 11.5. The minimum atomic E-state index is -1.84. The lowest BCUT2D eigenvalue weighted by Gasteiger charge is -2.25. The van der Waals surface area contributed by atoms with Gasteiger partial charge in [-0.05, 0) is 0 Å². The number of H-pyrrole nitrogens is 3. The van der Waals surface area contributed by atoms with Crippen molar-refractivity contribution in [3.63, 3.8) is 0 Å². The molecule has 0 aliphatic heterocycles. The maximum atomic E-state index is 11.5. The Labute approximate surface area is 165 Å². The first-order valence-corrected chi connectivity index (χ1v) is 8.07. The minimum absolute atomic E-state index is 0.0108. The number of hydrogen-bond donors (Lipinski definition) is 8. The number of amides is 2. The summed E-state index contributed by atoms with van der Waals surface area (Å²) in [7, 11) is 0. The van der Waals surface area contributed by atoms with Crippen LogP contribution in [0.1, 0.15) is 38.5 Å². The summed E-state index contributed by atoms with van der Waals surface area (Å²) in [5, 5.41) is 33.5. The van der Waals surface area contributed by atoms with Gasteiger partial charge in [0.25, 0.3) is 0 Å². The molecule has 156 valence electrons. The van der Waals surface area contributed by atoms with E-state index in [-0.39, 0.29) is 29.1 Å². The van der Waals surface area contributed by atoms with Crippen molar-refractivity contribution in [2.24, 2.45) is 0 Å². The molecule has 8 N–H and O–H groups in total. The molecule has 0 bridgehead atoms. The highest BCUT2D eigenvalue weighted by Gasteiger charge is 2.46. The average Bonchev–Trinajstić information content (AvgIpc) is 3.45. The molecule has 1 atom stereocenters. The number of carbonyl (C=O) groups excluding carboxylic acids is 2. The van der Waals surface area contributed by atoms with E-state index in [2.05, 4.69) is 40.5 Å². The minimum Gasteiger partial charge on any atom is -0.477 e. The van der Waals surface area contributed by atoms with Gasteiger partial charge in [-0.3, -0.25) is 9.59 Å². The SMILES string of the molecule is O=CNc1nc(C(CO)(c2ncc[nH]2)c2nc(C(=O)O)c(C(=O)O)[nH]2)[nH]c1NC=O. The lowest BCUT2D eigenvalue weighted by atomic mass is 9.86. The predicted octanol–water partition coefficient (Wildman–Crippen LogP) is -1.28. The summed E-state index contributed by atoms with van der Waals surface area (Å²) in [5.41, 5.74) is -3.37. The van der Waals surface area contributed by atoms with E-state index in [0.29, 0.717) is 12.8 Å². The number of anilines is 2. The number of carboxylic acid groups (broad SMARTS) is 2. The number of nitrogens with one attached hydrogen (secondary N) is 5. The molecule has 0 fully saturated rings. The van der Waals surface area contributed by atoms with Crippen molar-refractivity contribution in [3.8, 4) is 0 Å². The van der Waals surface area contributed by atoms with Crippen LogP contribution in [0.3, 0.4) is 0 Å². The number of aromatic nitrogens is 6. The molecule has 0 spiro atoms. The Bertz CT molecular complexity index is 1040. The molecular formula is C15H14N8O7. The highest BCUT2D eigenvalue weighted by Crippen LogP contribution is 2.36. The van der Waals surface area contributed by atoms with Crippen LogP contribution in [0.5, 0.6) is 0 Å². The molecule has 0 aliphatic carbocycles. The van der Waals surface area contributed by atoms with Crippen LogP contribution in [-0.2, 0) is 15.0 Å². The van der Waals surface area contributed by atoms with Crippen molar-refractivity contribution in [1.82, 2.24) is 29.9 Å². The topological polar surface area (TPSA) is 239 Å². The predicted molar refractivity (Wildman–Crippen MR) is 96.0 cm³/mol. The number of aliphatic hydroxyl groups excluding tert-OH is 1. The van der Waals surface area contributed by atoms with Gasteiger partial charge in [0.15, 0.2) is 28.4 Å². The van der Waals surface area contributed by atoms with E-state index in [0.717, 1.165) is 0 Å². The normalized spacial score (nSPS) is 12.7. The van der Waals surface area contributed by atoms with Crippen LogP contribution in [0.15, 0.2) is 12.4 Å². The fraction of sp³-hybridized carbons (Fsp3) is 0.133. The number of nitrogens with zero attached hydrogens (tertiary/aromatic N) is 3. The molecule has 0 saturated carbocycles. The second kappa shape index (κ2) is 7.84. The molecule has 0 saturated heterocycles. The summed E-state index contributed by atoms with van der Waals surface area (Å²) in [6, 6.07) is 0. The van der Waals surface area contributed by atoms with Crippen LogP contribution in [-0.4, -0.2) is 76.6 Å². The van der Waals surface area contributed by atoms with Crippen LogP contribution in [0.4, 0.5) is 11.6 Å². The fourth-order valence-electron chi connectivity index (χ4n) is 2.84. The molecule has 0 aliphatic rings. The first-order valence-electron chi connectivity index (χ1n) is 8.07. The molecule has 2 amide bonds. The first-order chi connectivity index (χ1) is 14.4. The van der Waals surface area contributed by atoms with Gasteiger partial charge in [0.2, 0.25) is 12.8 Å². The summed E-state index contributed by atoms with van der Waals surface area (Å²) >= 11 is 0. The zero-order chi connectivity index (χ0) is 21.9. The number of aromatic carboxylic acids is 2. The van der Waals surface area contributed by atoms with Gasteiger partial charge < -0.3 is 40.9 Å². The third kappa shape index (κ3) is 3.14. The maximum Gasteiger partial charge on any atom is 0.357 e. The highest BCUT2D eigenvalue weighted by molar-refractivity contribution is 5.99. The van der Waals surface area contributed by atoms with Crippen molar-refractivity contribution < 1.29 is 34.5 Å². The standard InChI is InChI=1S/C15H14N8O7/c24-3-15(12-16-1-2-17-12,13-20-6(10(27)28)7(21-13)11(29)30)14-22-8(18-4-25)9(23-14)19-5-26/h1-2,4-5,24H,3H2,(H,16,17)(H,18,25)(H,19,26)(H,20,21)(H,22,23)(H,27,28)(H,29,30). The van der Waals surface area contributed by atoms with Gasteiger partial charge in [-0.15, -0.1) is 0 Å². The van der Waals surface area contributed by atoms with E-state index in [1.165, 1.54) is 12.4 Å². The van der Waals surface area contributed by atoms with Crippen LogP contribution in [0, 0.1) is 0 Å². The van der Waals surface area contributed by atoms with Gasteiger partial charge in [0.1, 0.15) is 17.5 Å². The fourth-order valence-corrected chi connectivity index (χ4v) is 2.84. The lowest BCUT2D eigenvalue weighted by Crippen LogP contribution is -2.37. The van der Waals surface area contributed by atoms with Gasteiger partial charge >= 0.3 is 11.9 Å². The Morgan fingerprint density at radius 1 is 1.03 bits per heavy atom. The smallest absolute Gasteiger partial charge is 0.357 e. The van der Waals surface area contributed by atoms with Crippen LogP contribution in [0.25, 0.3) is 0 Å². The molecular weight excluding hydrogens is 404 g/mol. The molecule has 3 aromatic heterocycles. The molecule has 3 aromatic rings. The summed E-state index contributed by atoms with van der Waals surface area (Å²) in [6.07, 6.45) is 3.33. The number of aliphatic hydroxyl groups is 1. The second-order valence-electron chi connectivity index (χ2n) is 5.75. The van der Waals surface area contributed by atoms with Gasteiger partial charge in [0, 0.05) is 12.4 Å². The van der Waals surface area contributed by atoms with Crippen molar-refractivity contribution in [2.75, 3.05) is 17.2 Å². The van der Waals surface area contributed by atoms with E-state index < -0.39 is 35.3 Å². The zero-order valence-electron chi connectivity index (χ0n) is 14.8. The van der Waals surface area contributed by atoms with E-state index in [4.69, 9.17) is 0 Å². The van der Waals surface area contributed by atoms with Gasteiger partial charge in [0.05, 0.1) is 6.61 Å². The molecule has 30 heavy (non-hydrogen) atoms. The number of hydrogen-bond acceptors (Lipinski definition) is 8. The summed E-state index contributed by atoms with van der Waals surface area (Å²) in [6.45, 7) is -0.819.